The number of nitro benzene ring substituents is 3. The zero-order valence-corrected chi connectivity index (χ0v) is 19.9. The molecule has 0 spiro atoms. The molecule has 0 amide bonds. The molecule has 1 N–H and O–H groups in total. The molecule has 1 heterocycles. The molecule has 0 bridgehead atoms. The van der Waals surface area contributed by atoms with Crippen LogP contribution in [0.25, 0.3) is 0 Å². The Balaban J connectivity index is 0.000000251. The molecule has 190 valence electrons. The van der Waals surface area contributed by atoms with Gasteiger partial charge in [-0.05, 0) is 37.9 Å². The number of nitro groups is 3. The van der Waals surface area contributed by atoms with Crippen molar-refractivity contribution in [1.82, 2.24) is 4.90 Å². The van der Waals surface area contributed by atoms with E-state index in [1.807, 2.05) is 0 Å². The molecule has 11 heteroatoms. The standard InChI is InChI=1S/C18H29N.C6H3N3O7/c1-2-3-4-5-9-14-18(19-15-10-11-16-19)17-12-7-6-8-13-17;10-6-4(8(13)14)1-3(7(11)12)2-5(6)9(15)16/h6-8,12-13,18H,2-5,9-11,14-16H2,1H3;1-2,10H. The fraction of sp³-hybridized carbons (Fsp3) is 0.500. The van der Waals surface area contributed by atoms with Gasteiger partial charge in [0, 0.05) is 6.04 Å². The quantitative estimate of drug-likeness (QED) is 0.219. The molecular weight excluding hydrogens is 456 g/mol. The highest BCUT2D eigenvalue weighted by Gasteiger charge is 2.30. The number of likely N-dealkylation sites (tertiary alicyclic amines) is 1. The lowest BCUT2D eigenvalue weighted by Crippen LogP contribution is -2.25. The summed E-state index contributed by atoms with van der Waals surface area (Å²) in [7, 11) is 0. The minimum Gasteiger partial charge on any atom is -0.497 e. The number of aromatic hydroxyl groups is 1. The van der Waals surface area contributed by atoms with Crippen LogP contribution in [0.5, 0.6) is 5.75 Å². The van der Waals surface area contributed by atoms with Crippen molar-refractivity contribution >= 4 is 17.1 Å². The van der Waals surface area contributed by atoms with Gasteiger partial charge in [-0.1, -0.05) is 69.4 Å². The molecule has 2 aromatic rings. The molecule has 1 saturated heterocycles. The molecule has 35 heavy (non-hydrogen) atoms. The summed E-state index contributed by atoms with van der Waals surface area (Å²) in [4.78, 5) is 30.5. The van der Waals surface area contributed by atoms with Crippen LogP contribution >= 0.6 is 0 Å². The van der Waals surface area contributed by atoms with Crippen LogP contribution in [0, 0.1) is 30.3 Å². The highest BCUT2D eigenvalue weighted by Crippen LogP contribution is 2.39. The second-order valence-corrected chi connectivity index (χ2v) is 8.48. The van der Waals surface area contributed by atoms with Crippen molar-refractivity contribution in [2.45, 2.75) is 64.3 Å². The van der Waals surface area contributed by atoms with E-state index in [2.05, 4.69) is 42.2 Å². The summed E-state index contributed by atoms with van der Waals surface area (Å²) in [5.74, 6) is -1.21. The largest absolute Gasteiger partial charge is 0.497 e. The Hall–Kier alpha value is -3.60. The third kappa shape index (κ3) is 8.29. The van der Waals surface area contributed by atoms with Gasteiger partial charge in [0.15, 0.2) is 0 Å². The Morgan fingerprint density at radius 1 is 0.857 bits per heavy atom. The van der Waals surface area contributed by atoms with Crippen LogP contribution in [-0.4, -0.2) is 37.9 Å². The van der Waals surface area contributed by atoms with E-state index in [0.717, 1.165) is 0 Å². The first-order chi connectivity index (χ1) is 16.8. The predicted octanol–water partition coefficient (Wildman–Crippen LogP) is 6.30. The summed E-state index contributed by atoms with van der Waals surface area (Å²) < 4.78 is 0. The summed E-state index contributed by atoms with van der Waals surface area (Å²) >= 11 is 0. The molecule has 0 radical (unpaired) electrons. The van der Waals surface area contributed by atoms with Crippen molar-refractivity contribution in [3.8, 4) is 5.75 Å². The molecule has 1 fully saturated rings. The van der Waals surface area contributed by atoms with Crippen LogP contribution in [0.15, 0.2) is 42.5 Å². The number of nitrogens with zero attached hydrogens (tertiary/aromatic N) is 4. The molecular formula is C24H32N4O7. The van der Waals surface area contributed by atoms with Crippen molar-refractivity contribution in [2.24, 2.45) is 0 Å². The Bertz CT molecular complexity index is 960. The third-order valence-corrected chi connectivity index (χ3v) is 6.01. The summed E-state index contributed by atoms with van der Waals surface area (Å²) in [6.07, 6.45) is 11.1. The highest BCUT2D eigenvalue weighted by atomic mass is 16.6. The second kappa shape index (κ2) is 14.0. The van der Waals surface area contributed by atoms with E-state index in [-0.39, 0.29) is 0 Å². The molecule has 0 saturated carbocycles. The SMILES string of the molecule is CCCCCCCC(c1ccccc1)N1CCCC1.O=[N+]([O-])c1cc([N+](=O)[O-])c(O)c([N+](=O)[O-])c1. The van der Waals surface area contributed by atoms with Gasteiger partial charge < -0.3 is 5.11 Å². The van der Waals surface area contributed by atoms with E-state index < -0.39 is 37.6 Å². The lowest BCUT2D eigenvalue weighted by Gasteiger charge is -2.28. The first-order valence-corrected chi connectivity index (χ1v) is 11.8. The molecule has 1 unspecified atom stereocenters. The van der Waals surface area contributed by atoms with E-state index in [1.165, 1.54) is 70.0 Å². The van der Waals surface area contributed by atoms with Crippen molar-refractivity contribution in [1.29, 1.82) is 0 Å². The van der Waals surface area contributed by atoms with Crippen molar-refractivity contribution in [3.05, 3.63) is 78.4 Å². The van der Waals surface area contributed by atoms with Crippen LogP contribution in [0.1, 0.15) is 69.9 Å². The summed E-state index contributed by atoms with van der Waals surface area (Å²) in [5.41, 5.74) is -1.47. The maximum Gasteiger partial charge on any atom is 0.324 e. The number of phenolic OH excluding ortho intramolecular Hbond substituents is 1. The van der Waals surface area contributed by atoms with E-state index in [0.29, 0.717) is 18.2 Å². The van der Waals surface area contributed by atoms with Gasteiger partial charge >= 0.3 is 11.4 Å². The molecule has 3 rings (SSSR count). The first kappa shape index (κ1) is 27.6. The number of benzene rings is 2. The molecule has 0 aromatic heterocycles. The average molecular weight is 489 g/mol. The Morgan fingerprint density at radius 3 is 1.89 bits per heavy atom. The molecule has 11 nitrogen and oxygen atoms in total. The van der Waals surface area contributed by atoms with Crippen LogP contribution in [0.2, 0.25) is 0 Å². The van der Waals surface area contributed by atoms with Crippen LogP contribution < -0.4 is 0 Å². The zero-order valence-electron chi connectivity index (χ0n) is 19.9. The summed E-state index contributed by atoms with van der Waals surface area (Å²) in [5, 5.41) is 40.2. The minimum atomic E-state index is -1.21. The smallest absolute Gasteiger partial charge is 0.324 e. The van der Waals surface area contributed by atoms with Crippen LogP contribution in [-0.2, 0) is 0 Å². The molecule has 0 aliphatic carbocycles. The van der Waals surface area contributed by atoms with Crippen molar-refractivity contribution in [3.63, 3.8) is 0 Å². The Kier molecular flexibility index (Phi) is 11.0. The van der Waals surface area contributed by atoms with Crippen LogP contribution in [0.3, 0.4) is 0 Å². The van der Waals surface area contributed by atoms with Gasteiger partial charge in [-0.15, -0.1) is 0 Å². The number of hydrogen-bond donors (Lipinski definition) is 1. The van der Waals surface area contributed by atoms with Gasteiger partial charge in [0.25, 0.3) is 11.4 Å². The summed E-state index contributed by atoms with van der Waals surface area (Å²) in [6, 6.07) is 12.7. The number of unbranched alkanes of at least 4 members (excludes halogenated alkanes) is 4. The van der Waals surface area contributed by atoms with E-state index in [4.69, 9.17) is 5.11 Å². The molecule has 1 aliphatic heterocycles. The van der Waals surface area contributed by atoms with E-state index in [9.17, 15) is 30.3 Å². The highest BCUT2D eigenvalue weighted by molar-refractivity contribution is 5.64. The van der Waals surface area contributed by atoms with Gasteiger partial charge in [-0.2, -0.15) is 0 Å². The number of rotatable bonds is 11. The fourth-order valence-corrected chi connectivity index (χ4v) is 4.20. The second-order valence-electron chi connectivity index (χ2n) is 8.48. The van der Waals surface area contributed by atoms with Crippen molar-refractivity contribution < 1.29 is 19.9 Å². The first-order valence-electron chi connectivity index (χ1n) is 11.8. The fourth-order valence-electron chi connectivity index (χ4n) is 4.20. The van der Waals surface area contributed by atoms with Gasteiger partial charge in [0.05, 0.1) is 26.9 Å². The normalized spacial score (nSPS) is 14.1. The van der Waals surface area contributed by atoms with Gasteiger partial charge in [-0.25, -0.2) is 0 Å². The monoisotopic (exact) mass is 488 g/mol. The lowest BCUT2D eigenvalue weighted by molar-refractivity contribution is -0.404. The topological polar surface area (TPSA) is 153 Å². The zero-order chi connectivity index (χ0) is 25.8. The number of phenols is 1. The predicted molar refractivity (Wildman–Crippen MR) is 131 cm³/mol. The molecule has 1 atom stereocenters. The van der Waals surface area contributed by atoms with E-state index >= 15 is 0 Å². The average Bonchev–Trinajstić information content (AvgIpc) is 3.36. The lowest BCUT2D eigenvalue weighted by atomic mass is 9.98. The maximum absolute atomic E-state index is 10.4. The van der Waals surface area contributed by atoms with Crippen molar-refractivity contribution in [2.75, 3.05) is 13.1 Å². The van der Waals surface area contributed by atoms with Gasteiger partial charge in [-0.3, -0.25) is 35.2 Å². The molecule has 1 aliphatic rings. The minimum absolute atomic E-state index is 0.447. The molecule has 2 aromatic carbocycles. The Labute approximate surface area is 203 Å². The number of hydrogen-bond acceptors (Lipinski definition) is 8. The van der Waals surface area contributed by atoms with Gasteiger partial charge in [0.1, 0.15) is 0 Å². The van der Waals surface area contributed by atoms with E-state index in [1.54, 1.807) is 0 Å². The van der Waals surface area contributed by atoms with Crippen LogP contribution in [0.4, 0.5) is 17.1 Å². The van der Waals surface area contributed by atoms with Gasteiger partial charge in [0.2, 0.25) is 0 Å². The summed E-state index contributed by atoms with van der Waals surface area (Å²) in [6.45, 7) is 4.89. The maximum atomic E-state index is 10.4. The third-order valence-electron chi connectivity index (χ3n) is 6.01. The Morgan fingerprint density at radius 2 is 1.40 bits per heavy atom. The number of non-ortho nitro benzene ring substituents is 1.